The first-order valence-electron chi connectivity index (χ1n) is 8.94. The number of primary amides is 1. The Morgan fingerprint density at radius 1 is 1.17 bits per heavy atom. The van der Waals surface area contributed by atoms with Crippen LogP contribution in [0.5, 0.6) is 0 Å². The summed E-state index contributed by atoms with van der Waals surface area (Å²) in [6.45, 7) is 0. The number of ether oxygens (including phenoxy) is 1. The molecular formula is C20H16N6O4. The first kappa shape index (κ1) is 19.0. The number of aromatic amines is 1. The molecule has 4 rings (SSSR count). The van der Waals surface area contributed by atoms with Crippen LogP contribution in [0.15, 0.2) is 66.0 Å². The number of hydrogen-bond acceptors (Lipinski definition) is 7. The molecule has 0 saturated heterocycles. The van der Waals surface area contributed by atoms with E-state index in [1.165, 1.54) is 17.0 Å². The molecule has 1 atom stereocenters. The zero-order valence-electron chi connectivity index (χ0n) is 15.6. The summed E-state index contributed by atoms with van der Waals surface area (Å²) < 4.78 is 6.69. The van der Waals surface area contributed by atoms with Crippen molar-refractivity contribution in [1.82, 2.24) is 24.7 Å². The third-order valence-corrected chi connectivity index (χ3v) is 4.44. The fraction of sp³-hybridized carbons (Fsp3) is 0.100. The van der Waals surface area contributed by atoms with Gasteiger partial charge < -0.3 is 10.5 Å². The number of nitrogens with one attached hydrogen (secondary N) is 1. The lowest BCUT2D eigenvalue weighted by Crippen LogP contribution is -2.27. The Morgan fingerprint density at radius 2 is 1.93 bits per heavy atom. The fourth-order valence-electron chi connectivity index (χ4n) is 3.01. The molecule has 0 aliphatic carbocycles. The van der Waals surface area contributed by atoms with Crippen LogP contribution in [0.1, 0.15) is 18.1 Å². The molecule has 30 heavy (non-hydrogen) atoms. The summed E-state index contributed by atoms with van der Waals surface area (Å²) in [4.78, 5) is 44.9. The highest BCUT2D eigenvalue weighted by Gasteiger charge is 2.25. The van der Waals surface area contributed by atoms with Gasteiger partial charge in [-0.2, -0.15) is 5.10 Å². The lowest BCUT2D eigenvalue weighted by atomic mass is 10.1. The number of fused-ring (bicyclic) bond motifs is 1. The number of benzene rings is 1. The molecule has 150 valence electrons. The van der Waals surface area contributed by atoms with Gasteiger partial charge in [0.25, 0.3) is 5.56 Å². The number of aromatic nitrogens is 5. The Bertz CT molecular complexity index is 1280. The third kappa shape index (κ3) is 3.78. The maximum Gasteiger partial charge on any atom is 0.420 e. The molecule has 10 heteroatoms. The Morgan fingerprint density at radius 3 is 2.70 bits per heavy atom. The van der Waals surface area contributed by atoms with Gasteiger partial charge in [0.1, 0.15) is 12.4 Å². The van der Waals surface area contributed by atoms with E-state index in [9.17, 15) is 14.4 Å². The molecule has 0 saturated carbocycles. The monoisotopic (exact) mass is 404 g/mol. The Labute approximate surface area is 169 Å². The average molecular weight is 404 g/mol. The number of imidazole rings is 1. The van der Waals surface area contributed by atoms with Crippen LogP contribution in [-0.2, 0) is 9.53 Å². The van der Waals surface area contributed by atoms with Crippen LogP contribution in [0.3, 0.4) is 0 Å². The van der Waals surface area contributed by atoms with Crippen LogP contribution in [0.2, 0.25) is 0 Å². The van der Waals surface area contributed by atoms with Crippen molar-refractivity contribution in [2.24, 2.45) is 5.73 Å². The van der Waals surface area contributed by atoms with Crippen LogP contribution in [-0.4, -0.2) is 36.7 Å². The van der Waals surface area contributed by atoms with Crippen LogP contribution in [0.4, 0.5) is 4.79 Å². The molecule has 3 heterocycles. The fourth-order valence-corrected chi connectivity index (χ4v) is 3.01. The van der Waals surface area contributed by atoms with E-state index in [1.807, 2.05) is 0 Å². The van der Waals surface area contributed by atoms with Crippen LogP contribution < -0.4 is 11.3 Å². The summed E-state index contributed by atoms with van der Waals surface area (Å²) in [6.07, 6.45) is 2.09. The number of pyridine rings is 1. The standard InChI is InChI=1S/C20H16N6O4/c21-18(27)10-17(30-20(29)26-11-23-14-3-1-2-4-16(14)26)13-9-15(24-25-19(13)28)12-5-7-22-8-6-12/h1-9,11,17H,10H2,(H2,21,27)(H,25,28). The highest BCUT2D eigenvalue weighted by molar-refractivity contribution is 5.86. The minimum Gasteiger partial charge on any atom is -0.440 e. The van der Waals surface area contributed by atoms with Crippen molar-refractivity contribution in [3.05, 3.63) is 77.1 Å². The van der Waals surface area contributed by atoms with Gasteiger partial charge in [-0.3, -0.25) is 14.6 Å². The van der Waals surface area contributed by atoms with Crippen LogP contribution in [0.25, 0.3) is 22.3 Å². The van der Waals surface area contributed by atoms with Crippen molar-refractivity contribution in [3.63, 3.8) is 0 Å². The highest BCUT2D eigenvalue weighted by Crippen LogP contribution is 2.23. The molecular weight excluding hydrogens is 388 g/mol. The summed E-state index contributed by atoms with van der Waals surface area (Å²) in [5, 5.41) is 6.37. The lowest BCUT2D eigenvalue weighted by Gasteiger charge is -2.17. The molecule has 10 nitrogen and oxygen atoms in total. The van der Waals surface area contributed by atoms with Crippen molar-refractivity contribution in [3.8, 4) is 11.3 Å². The van der Waals surface area contributed by atoms with Crippen molar-refractivity contribution in [2.75, 3.05) is 0 Å². The van der Waals surface area contributed by atoms with Gasteiger partial charge in [0.15, 0.2) is 0 Å². The molecule has 0 aliphatic heterocycles. The van der Waals surface area contributed by atoms with E-state index in [4.69, 9.17) is 10.5 Å². The average Bonchev–Trinajstić information content (AvgIpc) is 3.18. The molecule has 1 amide bonds. The summed E-state index contributed by atoms with van der Waals surface area (Å²) in [5.41, 5.74) is 7.02. The molecule has 0 bridgehead atoms. The minimum atomic E-state index is -1.21. The van der Waals surface area contributed by atoms with Crippen molar-refractivity contribution in [2.45, 2.75) is 12.5 Å². The van der Waals surface area contributed by atoms with Crippen molar-refractivity contribution in [1.29, 1.82) is 0 Å². The Kier molecular flexibility index (Phi) is 5.04. The predicted molar refractivity (Wildman–Crippen MR) is 106 cm³/mol. The number of amides is 1. The minimum absolute atomic E-state index is 0.0494. The SMILES string of the molecule is NC(=O)CC(OC(=O)n1cnc2ccccc21)c1cc(-c2ccncc2)n[nH]c1=O. The van der Waals surface area contributed by atoms with E-state index < -0.39 is 23.7 Å². The first-order chi connectivity index (χ1) is 14.5. The smallest absolute Gasteiger partial charge is 0.420 e. The van der Waals surface area contributed by atoms with E-state index in [2.05, 4.69) is 20.2 Å². The number of para-hydroxylation sites is 2. The van der Waals surface area contributed by atoms with Crippen molar-refractivity contribution >= 4 is 23.0 Å². The predicted octanol–water partition coefficient (Wildman–Crippen LogP) is 1.78. The summed E-state index contributed by atoms with van der Waals surface area (Å²) in [7, 11) is 0. The summed E-state index contributed by atoms with van der Waals surface area (Å²) in [5.74, 6) is -0.732. The van der Waals surface area contributed by atoms with Gasteiger partial charge in [-0.15, -0.1) is 0 Å². The van der Waals surface area contributed by atoms with Gasteiger partial charge >= 0.3 is 6.09 Å². The second-order valence-corrected chi connectivity index (χ2v) is 6.42. The number of carbonyl (C=O) groups excluding carboxylic acids is 2. The Balaban J connectivity index is 1.70. The molecule has 4 aromatic rings. The number of carbonyl (C=O) groups is 2. The molecule has 1 aromatic carbocycles. The maximum absolute atomic E-state index is 12.8. The van der Waals surface area contributed by atoms with E-state index >= 15 is 0 Å². The van der Waals surface area contributed by atoms with Crippen LogP contribution in [0, 0.1) is 0 Å². The van der Waals surface area contributed by atoms with Crippen molar-refractivity contribution < 1.29 is 14.3 Å². The number of rotatable bonds is 5. The molecule has 3 N–H and O–H groups in total. The second-order valence-electron chi connectivity index (χ2n) is 6.42. The van der Waals surface area contributed by atoms with E-state index in [0.717, 1.165) is 0 Å². The Hall–Kier alpha value is -4.34. The topological polar surface area (TPSA) is 146 Å². The first-order valence-corrected chi connectivity index (χ1v) is 8.94. The lowest BCUT2D eigenvalue weighted by molar-refractivity contribution is -0.120. The molecule has 0 spiro atoms. The molecule has 3 aromatic heterocycles. The zero-order chi connectivity index (χ0) is 21.1. The zero-order valence-corrected chi connectivity index (χ0v) is 15.6. The van der Waals surface area contributed by atoms with Gasteiger partial charge in [-0.25, -0.2) is 19.4 Å². The molecule has 0 radical (unpaired) electrons. The number of nitrogens with zero attached hydrogens (tertiary/aromatic N) is 4. The largest absolute Gasteiger partial charge is 0.440 e. The third-order valence-electron chi connectivity index (χ3n) is 4.44. The van der Waals surface area contributed by atoms with E-state index in [-0.39, 0.29) is 12.0 Å². The quantitative estimate of drug-likeness (QED) is 0.515. The summed E-state index contributed by atoms with van der Waals surface area (Å²) in [6, 6.07) is 11.9. The number of nitrogens with two attached hydrogens (primary N) is 1. The highest BCUT2D eigenvalue weighted by atomic mass is 16.6. The summed E-state index contributed by atoms with van der Waals surface area (Å²) >= 11 is 0. The molecule has 0 fully saturated rings. The van der Waals surface area contributed by atoms with Gasteiger partial charge in [0.05, 0.1) is 28.7 Å². The van der Waals surface area contributed by atoms with Gasteiger partial charge in [-0.1, -0.05) is 12.1 Å². The van der Waals surface area contributed by atoms with E-state index in [1.54, 1.807) is 48.8 Å². The molecule has 0 aliphatic rings. The number of hydrogen-bond donors (Lipinski definition) is 2. The number of H-pyrrole nitrogens is 1. The van der Waals surface area contributed by atoms with Gasteiger partial charge in [0.2, 0.25) is 5.91 Å². The van der Waals surface area contributed by atoms with Gasteiger partial charge in [0, 0.05) is 18.0 Å². The second kappa shape index (κ2) is 7.95. The maximum atomic E-state index is 12.8. The molecule has 1 unspecified atom stereocenters. The van der Waals surface area contributed by atoms with Crippen LogP contribution >= 0.6 is 0 Å². The van der Waals surface area contributed by atoms with E-state index in [0.29, 0.717) is 22.3 Å². The normalized spacial score (nSPS) is 11.9. The van der Waals surface area contributed by atoms with Gasteiger partial charge in [-0.05, 0) is 30.3 Å².